The van der Waals surface area contributed by atoms with E-state index in [0.29, 0.717) is 22.9 Å². The Morgan fingerprint density at radius 1 is 0.588 bits per heavy atom. The van der Waals surface area contributed by atoms with Gasteiger partial charge < -0.3 is 18.3 Å². The summed E-state index contributed by atoms with van der Waals surface area (Å²) in [6.45, 7) is 4.21. The second-order valence-electron chi connectivity index (χ2n) is 8.35. The highest BCUT2D eigenvalue weighted by molar-refractivity contribution is 6.04. The molecule has 0 aliphatic carbocycles. The van der Waals surface area contributed by atoms with Crippen molar-refractivity contribution in [2.24, 2.45) is 0 Å². The fourth-order valence-corrected chi connectivity index (χ4v) is 4.28. The third-order valence-electron chi connectivity index (χ3n) is 6.28. The lowest BCUT2D eigenvalue weighted by Gasteiger charge is -2.10. The van der Waals surface area contributed by atoms with Crippen LogP contribution in [0.2, 0.25) is 0 Å². The Bertz CT molecular complexity index is 1580. The smallest absolute Gasteiger partial charge is 0.227 e. The van der Waals surface area contributed by atoms with Crippen LogP contribution in [-0.2, 0) is 0 Å². The molecule has 0 spiro atoms. The second-order valence-corrected chi connectivity index (χ2v) is 8.35. The zero-order valence-electron chi connectivity index (χ0n) is 19.3. The van der Waals surface area contributed by atoms with E-state index in [0.717, 1.165) is 44.4 Å². The first kappa shape index (κ1) is 20.3. The molecule has 2 aromatic heterocycles. The first-order valence-electron chi connectivity index (χ1n) is 11.0. The molecule has 4 aromatic carbocycles. The Kier molecular flexibility index (Phi) is 4.55. The standard InChI is InChI=1S/C28H22N2O4/c1-15-11-21-19(27-29-23-9-5-17(31-3)13-25(23)33-27)7-8-20(22(21)12-16(15)2)28-30-24-10-6-18(32-4)14-26(24)34-28/h5-14H,1-4H3. The molecule has 0 fully saturated rings. The summed E-state index contributed by atoms with van der Waals surface area (Å²) in [7, 11) is 3.27. The van der Waals surface area contributed by atoms with Crippen molar-refractivity contribution in [1.82, 2.24) is 9.97 Å². The number of ether oxygens (including phenoxy) is 2. The third kappa shape index (κ3) is 3.18. The van der Waals surface area contributed by atoms with Crippen LogP contribution in [-0.4, -0.2) is 24.2 Å². The molecule has 0 unspecified atom stereocenters. The summed E-state index contributed by atoms with van der Waals surface area (Å²) in [5.41, 5.74) is 7.13. The maximum atomic E-state index is 6.15. The summed E-state index contributed by atoms with van der Waals surface area (Å²) < 4.78 is 23.0. The van der Waals surface area contributed by atoms with Crippen molar-refractivity contribution >= 4 is 33.0 Å². The van der Waals surface area contributed by atoms with Crippen LogP contribution in [0.1, 0.15) is 11.1 Å². The van der Waals surface area contributed by atoms with Crippen molar-refractivity contribution < 1.29 is 18.3 Å². The molecule has 6 nitrogen and oxygen atoms in total. The van der Waals surface area contributed by atoms with Gasteiger partial charge in [0.1, 0.15) is 22.5 Å². The lowest BCUT2D eigenvalue weighted by molar-refractivity contribution is 0.414. The fourth-order valence-electron chi connectivity index (χ4n) is 4.28. The predicted molar refractivity (Wildman–Crippen MR) is 133 cm³/mol. The maximum absolute atomic E-state index is 6.15. The van der Waals surface area contributed by atoms with Gasteiger partial charge in [0.05, 0.1) is 14.2 Å². The van der Waals surface area contributed by atoms with Gasteiger partial charge in [-0.25, -0.2) is 9.97 Å². The van der Waals surface area contributed by atoms with E-state index < -0.39 is 0 Å². The highest BCUT2D eigenvalue weighted by Crippen LogP contribution is 2.39. The Morgan fingerprint density at radius 3 is 1.44 bits per heavy atom. The summed E-state index contributed by atoms with van der Waals surface area (Å²) in [5.74, 6) is 2.58. The Labute approximate surface area is 195 Å². The van der Waals surface area contributed by atoms with Gasteiger partial charge in [0.2, 0.25) is 11.8 Å². The molecule has 34 heavy (non-hydrogen) atoms. The summed E-state index contributed by atoms with van der Waals surface area (Å²) in [4.78, 5) is 9.48. The fraction of sp³-hybridized carbons (Fsp3) is 0.143. The summed E-state index contributed by atoms with van der Waals surface area (Å²) in [6.07, 6.45) is 0. The van der Waals surface area contributed by atoms with E-state index in [1.807, 2.05) is 48.5 Å². The predicted octanol–water partition coefficient (Wildman–Crippen LogP) is 7.09. The minimum Gasteiger partial charge on any atom is -0.497 e. The zero-order chi connectivity index (χ0) is 23.4. The largest absolute Gasteiger partial charge is 0.497 e. The number of aryl methyl sites for hydroxylation is 2. The molecule has 168 valence electrons. The van der Waals surface area contributed by atoms with Crippen molar-refractivity contribution in [1.29, 1.82) is 0 Å². The first-order chi connectivity index (χ1) is 16.5. The molecule has 0 aliphatic rings. The zero-order valence-corrected chi connectivity index (χ0v) is 19.3. The van der Waals surface area contributed by atoms with Gasteiger partial charge in [-0.1, -0.05) is 12.1 Å². The third-order valence-corrected chi connectivity index (χ3v) is 6.28. The molecule has 0 saturated carbocycles. The van der Waals surface area contributed by atoms with Crippen molar-refractivity contribution in [2.45, 2.75) is 13.8 Å². The van der Waals surface area contributed by atoms with Gasteiger partial charge >= 0.3 is 0 Å². The Morgan fingerprint density at radius 2 is 1.03 bits per heavy atom. The van der Waals surface area contributed by atoms with Gasteiger partial charge in [-0.05, 0) is 72.1 Å². The van der Waals surface area contributed by atoms with Crippen LogP contribution >= 0.6 is 0 Å². The quantitative estimate of drug-likeness (QED) is 0.285. The van der Waals surface area contributed by atoms with Crippen LogP contribution in [0.25, 0.3) is 55.9 Å². The second kappa shape index (κ2) is 7.63. The SMILES string of the molecule is COc1ccc2nc(-c3ccc(-c4nc5ccc(OC)cc5o4)c4cc(C)c(C)cc34)oc2c1. The van der Waals surface area contributed by atoms with Crippen molar-refractivity contribution in [3.05, 3.63) is 71.8 Å². The number of hydrogen-bond donors (Lipinski definition) is 0. The molecule has 0 bridgehead atoms. The molecule has 0 radical (unpaired) electrons. The van der Waals surface area contributed by atoms with E-state index in [1.165, 1.54) is 11.1 Å². The highest BCUT2D eigenvalue weighted by atomic mass is 16.5. The summed E-state index contributed by atoms with van der Waals surface area (Å²) in [5, 5.41) is 2.05. The number of nitrogens with zero attached hydrogens (tertiary/aromatic N) is 2. The maximum Gasteiger partial charge on any atom is 0.227 e. The van der Waals surface area contributed by atoms with Gasteiger partial charge in [-0.15, -0.1) is 0 Å². The molecular formula is C28H22N2O4. The van der Waals surface area contributed by atoms with Crippen LogP contribution in [0.15, 0.2) is 69.5 Å². The molecular weight excluding hydrogens is 428 g/mol. The lowest BCUT2D eigenvalue weighted by atomic mass is 9.95. The van der Waals surface area contributed by atoms with E-state index >= 15 is 0 Å². The summed E-state index contributed by atoms with van der Waals surface area (Å²) >= 11 is 0. The van der Waals surface area contributed by atoms with E-state index in [2.05, 4.69) is 26.0 Å². The number of fused-ring (bicyclic) bond motifs is 3. The molecule has 0 aliphatic heterocycles. The van der Waals surface area contributed by atoms with E-state index in [9.17, 15) is 0 Å². The number of aromatic nitrogens is 2. The van der Waals surface area contributed by atoms with Crippen LogP contribution in [0.3, 0.4) is 0 Å². The number of benzene rings is 4. The minimum atomic E-state index is 0.561. The Balaban J connectivity index is 1.57. The number of rotatable bonds is 4. The van der Waals surface area contributed by atoms with Gasteiger partial charge in [0.25, 0.3) is 0 Å². The van der Waals surface area contributed by atoms with Crippen molar-refractivity contribution in [3.63, 3.8) is 0 Å². The minimum absolute atomic E-state index is 0.561. The molecule has 6 heteroatoms. The molecule has 0 amide bonds. The molecule has 0 atom stereocenters. The van der Waals surface area contributed by atoms with Crippen molar-refractivity contribution in [3.8, 4) is 34.4 Å². The first-order valence-corrected chi connectivity index (χ1v) is 11.0. The number of oxazole rings is 2. The summed E-state index contributed by atoms with van der Waals surface area (Å²) in [6, 6.07) is 19.6. The van der Waals surface area contributed by atoms with E-state index in [4.69, 9.17) is 28.3 Å². The van der Waals surface area contributed by atoms with Crippen LogP contribution in [0.5, 0.6) is 11.5 Å². The topological polar surface area (TPSA) is 70.5 Å². The lowest BCUT2D eigenvalue weighted by Crippen LogP contribution is -1.90. The molecule has 0 saturated heterocycles. The Hall–Kier alpha value is -4.32. The van der Waals surface area contributed by atoms with Gasteiger partial charge in [-0.3, -0.25) is 0 Å². The van der Waals surface area contributed by atoms with Crippen LogP contribution in [0, 0.1) is 13.8 Å². The molecule has 0 N–H and O–H groups in total. The van der Waals surface area contributed by atoms with Gasteiger partial charge in [0.15, 0.2) is 11.2 Å². The highest BCUT2D eigenvalue weighted by Gasteiger charge is 2.18. The normalized spacial score (nSPS) is 11.5. The molecule has 6 aromatic rings. The van der Waals surface area contributed by atoms with Crippen molar-refractivity contribution in [2.75, 3.05) is 14.2 Å². The van der Waals surface area contributed by atoms with Gasteiger partial charge in [-0.2, -0.15) is 0 Å². The monoisotopic (exact) mass is 450 g/mol. The average molecular weight is 450 g/mol. The van der Waals surface area contributed by atoms with E-state index in [-0.39, 0.29) is 0 Å². The van der Waals surface area contributed by atoms with Crippen LogP contribution < -0.4 is 9.47 Å². The molecule has 2 heterocycles. The van der Waals surface area contributed by atoms with Crippen LogP contribution in [0.4, 0.5) is 0 Å². The molecule has 6 rings (SSSR count). The number of hydrogen-bond acceptors (Lipinski definition) is 6. The van der Waals surface area contributed by atoms with Gasteiger partial charge in [0, 0.05) is 23.3 Å². The number of methoxy groups -OCH3 is 2. The average Bonchev–Trinajstić information content (AvgIpc) is 3.47. The van der Waals surface area contributed by atoms with E-state index in [1.54, 1.807) is 14.2 Å².